The number of carbonyl (C=O) groups is 5. The van der Waals surface area contributed by atoms with Crippen LogP contribution >= 0.6 is 21.6 Å². The van der Waals surface area contributed by atoms with Crippen LogP contribution in [0.25, 0.3) is 0 Å². The third-order valence-corrected chi connectivity index (χ3v) is 16.7. The highest BCUT2D eigenvalue weighted by Crippen LogP contribution is 2.43. The summed E-state index contributed by atoms with van der Waals surface area (Å²) in [6.07, 6.45) is 2.22. The lowest BCUT2D eigenvalue weighted by Gasteiger charge is -2.33. The van der Waals surface area contributed by atoms with E-state index in [2.05, 4.69) is 70.5 Å². The third kappa shape index (κ3) is 14.1. The minimum Gasteiger partial charge on any atom is -0.493 e. The lowest BCUT2D eigenvalue weighted by atomic mass is 10.1. The number of ether oxygens (including phenoxy) is 3. The summed E-state index contributed by atoms with van der Waals surface area (Å²) in [5, 5.41) is 26.5. The normalized spacial score (nSPS) is 18.0. The minimum absolute atomic E-state index is 0.0175. The number of carbonyl (C=O) groups excluding carboxylic acids is 5. The molecule has 4 amide bonds. The lowest BCUT2D eigenvalue weighted by Crippen LogP contribution is -2.50. The Balaban J connectivity index is 1.04. The zero-order valence-corrected chi connectivity index (χ0v) is 44.8. The van der Waals surface area contributed by atoms with Gasteiger partial charge in [0.15, 0.2) is 11.5 Å². The van der Waals surface area contributed by atoms with E-state index in [-0.39, 0.29) is 54.2 Å². The standard InChI is InChI=1S/C55H71N7O9S2/c1-9-56-30-42-26-39-16-10-12-18-45(39)61(42)36(5)70-31-37-23-38(32-71-49-29-44-43(28-48(49)69-8)54(68)62-46-19-13-11-17-40(46)27-47(62)53(67)60-44)25-41(24-37)59-52(66)35(4)58-51(65)34(3)57-50(64)20-21-55(6,7)73-72-22-14-15-33(2)63/h10-13,16-19,23-25,28-29,34-36,42,47,53,56,60,67H,9,14-15,20-22,26-27,30-32H2,1-8H3,(H,57,64)(H,58,65)(H,59,66)/t34-,35+,36?,42-,47-,53?/m0/s1. The van der Waals surface area contributed by atoms with Gasteiger partial charge in [0, 0.05) is 59.1 Å². The summed E-state index contributed by atoms with van der Waals surface area (Å²) in [7, 11) is 4.88. The number of likely N-dealkylation sites (N-methyl/N-ethyl adjacent to an activating group) is 1. The summed E-state index contributed by atoms with van der Waals surface area (Å²) >= 11 is 0. The van der Waals surface area contributed by atoms with Crippen LogP contribution < -0.4 is 45.9 Å². The summed E-state index contributed by atoms with van der Waals surface area (Å²) in [5.41, 5.74) is 6.75. The Morgan fingerprint density at radius 1 is 0.863 bits per heavy atom. The summed E-state index contributed by atoms with van der Waals surface area (Å²) in [5.74, 6) is 0.157. The second-order valence-corrected chi connectivity index (χ2v) is 22.8. The third-order valence-electron chi connectivity index (χ3n) is 13.3. The molecule has 2 unspecified atom stereocenters. The molecule has 4 aromatic carbocycles. The van der Waals surface area contributed by atoms with Gasteiger partial charge in [0.2, 0.25) is 17.7 Å². The second kappa shape index (κ2) is 25.0. The van der Waals surface area contributed by atoms with Crippen molar-refractivity contribution in [2.24, 2.45) is 0 Å². The number of para-hydroxylation sites is 2. The average Bonchev–Trinajstić information content (AvgIpc) is 3.92. The summed E-state index contributed by atoms with van der Waals surface area (Å²) in [6, 6.07) is 22.7. The first-order valence-corrected chi connectivity index (χ1v) is 27.5. The van der Waals surface area contributed by atoms with Gasteiger partial charge in [0.05, 0.1) is 31.0 Å². The van der Waals surface area contributed by atoms with Crippen molar-refractivity contribution >= 4 is 73.7 Å². The number of hydrogen-bond acceptors (Lipinski definition) is 14. The van der Waals surface area contributed by atoms with Crippen LogP contribution in [-0.2, 0) is 50.0 Å². The van der Waals surface area contributed by atoms with Crippen LogP contribution in [0.5, 0.6) is 11.5 Å². The molecule has 0 fully saturated rings. The smallest absolute Gasteiger partial charge is 0.260 e. The van der Waals surface area contributed by atoms with Gasteiger partial charge in [0.1, 0.15) is 36.9 Å². The van der Waals surface area contributed by atoms with E-state index in [0.29, 0.717) is 53.3 Å². The Labute approximate surface area is 437 Å². The van der Waals surface area contributed by atoms with Crippen molar-refractivity contribution in [2.45, 2.75) is 142 Å². The lowest BCUT2D eigenvalue weighted by molar-refractivity contribution is -0.130. The van der Waals surface area contributed by atoms with Gasteiger partial charge in [-0.1, -0.05) is 64.9 Å². The Hall–Kier alpha value is -5.79. The van der Waals surface area contributed by atoms with Crippen LogP contribution in [0, 0.1) is 0 Å². The predicted molar refractivity (Wildman–Crippen MR) is 290 cm³/mol. The van der Waals surface area contributed by atoms with Gasteiger partial charge in [-0.3, -0.25) is 19.2 Å². The number of ketones is 1. The number of hydrogen-bond donors (Lipinski definition) is 6. The van der Waals surface area contributed by atoms with Crippen LogP contribution in [0.1, 0.15) is 107 Å². The monoisotopic (exact) mass is 1040 g/mol. The van der Waals surface area contributed by atoms with Gasteiger partial charge in [-0.15, -0.1) is 0 Å². The molecule has 3 aliphatic heterocycles. The summed E-state index contributed by atoms with van der Waals surface area (Å²) in [6.45, 7) is 14.9. The first-order valence-electron chi connectivity index (χ1n) is 25.2. The molecule has 3 aliphatic rings. The van der Waals surface area contributed by atoms with E-state index in [1.165, 1.54) is 12.7 Å². The van der Waals surface area contributed by atoms with Gasteiger partial charge in [-0.2, -0.15) is 0 Å². The molecule has 7 rings (SSSR count). The molecule has 0 aromatic heterocycles. The fourth-order valence-electron chi connectivity index (χ4n) is 9.43. The van der Waals surface area contributed by atoms with Crippen molar-refractivity contribution in [1.29, 1.82) is 0 Å². The van der Waals surface area contributed by atoms with Crippen LogP contribution in [0.2, 0.25) is 0 Å². The fourth-order valence-corrected chi connectivity index (χ4v) is 12.1. The van der Waals surface area contributed by atoms with Gasteiger partial charge in [0.25, 0.3) is 5.91 Å². The summed E-state index contributed by atoms with van der Waals surface area (Å²) in [4.78, 5) is 69.4. The fraction of sp³-hybridized carbons (Fsp3) is 0.473. The van der Waals surface area contributed by atoms with Gasteiger partial charge in [-0.05, 0) is 132 Å². The number of nitrogens with one attached hydrogen (secondary N) is 5. The zero-order chi connectivity index (χ0) is 52.4. The zero-order valence-electron chi connectivity index (χ0n) is 43.2. The van der Waals surface area contributed by atoms with Gasteiger partial charge in [-0.25, -0.2) is 0 Å². The number of nitrogens with zero attached hydrogens (tertiary/aromatic N) is 2. The molecule has 0 spiro atoms. The molecular formula is C55H71N7O9S2. The van der Waals surface area contributed by atoms with Crippen molar-refractivity contribution in [3.8, 4) is 11.5 Å². The van der Waals surface area contributed by atoms with E-state index in [9.17, 15) is 29.1 Å². The average molecular weight is 1040 g/mol. The highest BCUT2D eigenvalue weighted by Gasteiger charge is 2.42. The Morgan fingerprint density at radius 3 is 2.26 bits per heavy atom. The van der Waals surface area contributed by atoms with E-state index in [1.54, 1.807) is 65.5 Å². The molecule has 73 heavy (non-hydrogen) atoms. The molecule has 6 N–H and O–H groups in total. The molecule has 3 heterocycles. The van der Waals surface area contributed by atoms with Crippen LogP contribution in [-0.4, -0.2) is 102 Å². The molecule has 4 aromatic rings. The molecule has 0 saturated heterocycles. The maximum absolute atomic E-state index is 14.1. The predicted octanol–water partition coefficient (Wildman–Crippen LogP) is 7.75. The minimum atomic E-state index is -1.06. The van der Waals surface area contributed by atoms with Crippen molar-refractivity contribution in [3.05, 3.63) is 107 Å². The highest BCUT2D eigenvalue weighted by molar-refractivity contribution is 8.77. The van der Waals surface area contributed by atoms with Crippen molar-refractivity contribution in [1.82, 2.24) is 16.0 Å². The molecule has 0 aliphatic carbocycles. The van der Waals surface area contributed by atoms with E-state index < -0.39 is 36.2 Å². The van der Waals surface area contributed by atoms with Crippen LogP contribution in [0.3, 0.4) is 0 Å². The first-order chi connectivity index (χ1) is 34.9. The highest BCUT2D eigenvalue weighted by atomic mass is 33.1. The number of amides is 4. The largest absolute Gasteiger partial charge is 0.493 e. The van der Waals surface area contributed by atoms with Gasteiger partial charge >= 0.3 is 0 Å². The van der Waals surface area contributed by atoms with E-state index >= 15 is 0 Å². The molecule has 0 radical (unpaired) electrons. The number of benzene rings is 4. The maximum Gasteiger partial charge on any atom is 0.260 e. The van der Waals surface area contributed by atoms with Crippen molar-refractivity contribution in [2.75, 3.05) is 46.4 Å². The number of aliphatic hydroxyl groups is 1. The molecule has 0 saturated carbocycles. The molecule has 0 bridgehead atoms. The summed E-state index contributed by atoms with van der Waals surface area (Å²) < 4.78 is 18.6. The van der Waals surface area contributed by atoms with E-state index in [1.807, 2.05) is 49.4 Å². The van der Waals surface area contributed by atoms with E-state index in [0.717, 1.165) is 54.2 Å². The molecule has 6 atom stereocenters. The Bertz CT molecular complexity index is 2630. The number of rotatable bonds is 25. The number of methoxy groups -OCH3 is 1. The Morgan fingerprint density at radius 2 is 1.55 bits per heavy atom. The SMILES string of the molecule is CCNC[C@@H]1Cc2ccccc2N1C(C)OCc1cc(COc2cc3c(cc2OC)C(=O)N2c4ccccc4C[C@H]2C(O)N3)cc(NC(=O)[C@@H](C)NC(=O)[C@H](C)NC(=O)CCC(C)(C)SSCCCC(C)=O)c1. The van der Waals surface area contributed by atoms with E-state index in [4.69, 9.17) is 14.2 Å². The molecular weight excluding hydrogens is 967 g/mol. The van der Waals surface area contributed by atoms with Crippen LogP contribution in [0.4, 0.5) is 22.7 Å². The number of Topliss-reactive ketones (excluding diaryl/α,β-unsaturated/α-hetero) is 1. The number of fused-ring (bicyclic) bond motifs is 5. The molecule has 16 nitrogen and oxygen atoms in total. The topological polar surface area (TPSA) is 200 Å². The molecule has 18 heteroatoms. The molecule has 392 valence electrons. The quantitative estimate of drug-likeness (QED) is 0.0278. The Kier molecular flexibility index (Phi) is 18.8. The number of aliphatic hydroxyl groups excluding tert-OH is 1. The van der Waals surface area contributed by atoms with Crippen LogP contribution in [0.15, 0.2) is 78.9 Å². The second-order valence-electron chi connectivity index (χ2n) is 19.6. The van der Waals surface area contributed by atoms with Crippen molar-refractivity contribution < 1.29 is 43.3 Å². The first kappa shape index (κ1) is 55.0. The number of anilines is 4. The maximum atomic E-state index is 14.1. The van der Waals surface area contributed by atoms with Gasteiger partial charge < -0.3 is 60.5 Å². The van der Waals surface area contributed by atoms with Crippen molar-refractivity contribution in [3.63, 3.8) is 0 Å².